The van der Waals surface area contributed by atoms with Gasteiger partial charge >= 0.3 is 5.97 Å². The number of nitrogens with two attached hydrogens (primary N) is 1. The van der Waals surface area contributed by atoms with Gasteiger partial charge in [-0.1, -0.05) is 0 Å². The van der Waals surface area contributed by atoms with Crippen molar-refractivity contribution in [3.63, 3.8) is 0 Å². The van der Waals surface area contributed by atoms with E-state index in [2.05, 4.69) is 0 Å². The molecule has 0 spiro atoms. The van der Waals surface area contributed by atoms with Gasteiger partial charge in [-0.15, -0.1) is 0 Å². The summed E-state index contributed by atoms with van der Waals surface area (Å²) in [6.07, 6.45) is -12.7. The van der Waals surface area contributed by atoms with E-state index in [1.807, 2.05) is 0 Å². The van der Waals surface area contributed by atoms with Crippen molar-refractivity contribution in [2.75, 3.05) is 13.2 Å². The molecule has 12 N–H and O–H groups in total. The van der Waals surface area contributed by atoms with Crippen LogP contribution in [0.4, 0.5) is 0 Å². The first-order valence-corrected chi connectivity index (χ1v) is 7.11. The molecule has 0 bridgehead atoms. The predicted octanol–water partition coefficient (Wildman–Crippen LogP) is -6.75. The van der Waals surface area contributed by atoms with Gasteiger partial charge in [-0.25, -0.2) is 4.79 Å². The fourth-order valence-electron chi connectivity index (χ4n) is 1.79. The van der Waals surface area contributed by atoms with Gasteiger partial charge in [-0.05, 0) is 0 Å². The van der Waals surface area contributed by atoms with E-state index >= 15 is 0 Å². The number of ether oxygens (including phenoxy) is 1. The Morgan fingerprint density at radius 1 is 1.00 bits per heavy atom. The number of carbonyl (C=O) groups is 1. The van der Waals surface area contributed by atoms with Crippen molar-refractivity contribution in [2.45, 2.75) is 55.1 Å². The van der Waals surface area contributed by atoms with E-state index in [0.717, 1.165) is 0 Å². The molecule has 25 heavy (non-hydrogen) atoms. The fourth-order valence-corrected chi connectivity index (χ4v) is 1.79. The van der Waals surface area contributed by atoms with Crippen molar-refractivity contribution in [2.24, 2.45) is 5.73 Å². The van der Waals surface area contributed by atoms with Gasteiger partial charge < -0.3 is 61.5 Å². The van der Waals surface area contributed by atoms with Gasteiger partial charge in [-0.3, -0.25) is 0 Å². The maximum absolute atomic E-state index is 10.1. The zero-order valence-electron chi connectivity index (χ0n) is 13.0. The molecule has 0 amide bonds. The highest BCUT2D eigenvalue weighted by Gasteiger charge is 2.41. The first kappa shape index (κ1) is 24.0. The van der Waals surface area contributed by atoms with Gasteiger partial charge in [0.05, 0.1) is 19.3 Å². The van der Waals surface area contributed by atoms with Crippen molar-refractivity contribution < 1.29 is 60.6 Å². The maximum atomic E-state index is 10.1. The second-order valence-electron chi connectivity index (χ2n) is 5.32. The summed E-state index contributed by atoms with van der Waals surface area (Å²) in [5.74, 6) is -1.73. The Hall–Kier alpha value is -0.970. The standard InChI is InChI=1S/C6H13NO5.C6H12O7/c7-3-5(10)4(9)2(1-8)12-6(3)11;7-1-2(8)3(9)4(10)5(11)6(12)13/h2-6,8-11H,1,7H2;2-5,7-11H,1H2,(H,12,13)/t2-,3-,4-,5-,6-;2-,3+,4+,5+/m10/s1. The van der Waals surface area contributed by atoms with E-state index in [9.17, 15) is 15.0 Å². The Labute approximate surface area is 141 Å². The number of rotatable bonds is 6. The average molecular weight is 375 g/mol. The summed E-state index contributed by atoms with van der Waals surface area (Å²) in [6, 6.07) is -1.04. The Bertz CT molecular complexity index is 394. The molecule has 0 aromatic heterocycles. The molecule has 0 aromatic rings. The molecule has 150 valence electrons. The Morgan fingerprint density at radius 3 is 1.92 bits per heavy atom. The number of aliphatic hydroxyl groups is 9. The molecule has 1 fully saturated rings. The largest absolute Gasteiger partial charge is 0.479 e. The van der Waals surface area contributed by atoms with Crippen LogP contribution < -0.4 is 5.73 Å². The normalized spacial score (nSPS) is 34.2. The van der Waals surface area contributed by atoms with Gasteiger partial charge in [-0.2, -0.15) is 0 Å². The number of hydrogen-bond donors (Lipinski definition) is 11. The smallest absolute Gasteiger partial charge is 0.335 e. The van der Waals surface area contributed by atoms with Crippen LogP contribution in [0.2, 0.25) is 0 Å². The van der Waals surface area contributed by atoms with Crippen LogP contribution in [-0.2, 0) is 9.53 Å². The molecule has 1 aliphatic heterocycles. The van der Waals surface area contributed by atoms with Crippen LogP contribution in [0.1, 0.15) is 0 Å². The number of aliphatic hydroxyl groups excluding tert-OH is 9. The highest BCUT2D eigenvalue weighted by molar-refractivity contribution is 5.72. The van der Waals surface area contributed by atoms with Crippen LogP contribution in [0, 0.1) is 0 Å². The molecular weight excluding hydrogens is 350 g/mol. The second kappa shape index (κ2) is 10.9. The van der Waals surface area contributed by atoms with E-state index in [1.165, 1.54) is 0 Å². The third kappa shape index (κ3) is 6.69. The van der Waals surface area contributed by atoms with Crippen LogP contribution in [0.25, 0.3) is 0 Å². The van der Waals surface area contributed by atoms with Gasteiger partial charge in [0.15, 0.2) is 12.4 Å². The van der Waals surface area contributed by atoms with Crippen molar-refractivity contribution in [1.82, 2.24) is 0 Å². The molecule has 0 unspecified atom stereocenters. The molecular formula is C12H25NO12. The molecule has 13 nitrogen and oxygen atoms in total. The van der Waals surface area contributed by atoms with Gasteiger partial charge in [0.1, 0.15) is 36.6 Å². The second-order valence-corrected chi connectivity index (χ2v) is 5.32. The molecule has 1 saturated heterocycles. The molecule has 0 radical (unpaired) electrons. The average Bonchev–Trinajstić information content (AvgIpc) is 2.60. The molecule has 0 saturated carbocycles. The summed E-state index contributed by atoms with van der Waals surface area (Å²) in [7, 11) is 0. The van der Waals surface area contributed by atoms with E-state index in [0.29, 0.717) is 0 Å². The SMILES string of the molecule is N[C@@H]1[C@@H](O)[C@H](O)[C@@H](CO)O[C@H]1O.O=C(O)[C@H](O)[C@H](O)[C@H](O)[C@@H](O)CO. The lowest BCUT2D eigenvalue weighted by atomic mass is 9.98. The van der Waals surface area contributed by atoms with Crippen molar-refractivity contribution in [3.05, 3.63) is 0 Å². The number of hydrogen-bond acceptors (Lipinski definition) is 12. The fraction of sp³-hybridized carbons (Fsp3) is 0.917. The lowest BCUT2D eigenvalue weighted by molar-refractivity contribution is -0.248. The minimum Gasteiger partial charge on any atom is -0.479 e. The zero-order valence-corrected chi connectivity index (χ0v) is 13.0. The van der Waals surface area contributed by atoms with Crippen molar-refractivity contribution >= 4 is 5.97 Å². The van der Waals surface area contributed by atoms with E-state index < -0.39 is 74.2 Å². The van der Waals surface area contributed by atoms with E-state index in [-0.39, 0.29) is 0 Å². The minimum atomic E-state index is -2.20. The first-order valence-electron chi connectivity index (χ1n) is 7.11. The highest BCUT2D eigenvalue weighted by atomic mass is 16.6. The van der Waals surface area contributed by atoms with E-state index in [4.69, 9.17) is 51.3 Å². The molecule has 1 aliphatic rings. The number of aliphatic carboxylic acids is 1. The lowest BCUT2D eigenvalue weighted by Gasteiger charge is -2.38. The molecule has 0 aliphatic carbocycles. The summed E-state index contributed by atoms with van der Waals surface area (Å²) >= 11 is 0. The van der Waals surface area contributed by atoms with Crippen LogP contribution in [0.15, 0.2) is 0 Å². The molecule has 9 atom stereocenters. The monoisotopic (exact) mass is 375 g/mol. The summed E-state index contributed by atoms with van der Waals surface area (Å²) in [6.45, 7) is -1.31. The highest BCUT2D eigenvalue weighted by Crippen LogP contribution is 2.17. The van der Waals surface area contributed by atoms with E-state index in [1.54, 1.807) is 0 Å². The van der Waals surface area contributed by atoms with Crippen molar-refractivity contribution in [1.29, 1.82) is 0 Å². The zero-order chi connectivity index (χ0) is 19.9. The summed E-state index contributed by atoms with van der Waals surface area (Å²) < 4.78 is 4.70. The molecule has 1 heterocycles. The third-order valence-corrected chi connectivity index (χ3v) is 3.46. The summed E-state index contributed by atoms with van der Waals surface area (Å²) in [5, 5.41) is 87.9. The number of carboxylic acid groups (broad SMARTS) is 1. The maximum Gasteiger partial charge on any atom is 0.335 e. The molecule has 13 heteroatoms. The first-order chi connectivity index (χ1) is 11.5. The van der Waals surface area contributed by atoms with Crippen LogP contribution in [0.3, 0.4) is 0 Å². The Morgan fingerprint density at radius 2 is 1.52 bits per heavy atom. The summed E-state index contributed by atoms with van der Waals surface area (Å²) in [5.41, 5.74) is 5.26. The number of carboxylic acids is 1. The van der Waals surface area contributed by atoms with Gasteiger partial charge in [0.2, 0.25) is 0 Å². The quantitative estimate of drug-likeness (QED) is 0.206. The molecule has 0 aromatic carbocycles. The van der Waals surface area contributed by atoms with Crippen molar-refractivity contribution in [3.8, 4) is 0 Å². The topological polar surface area (TPSA) is 255 Å². The Kier molecular flexibility index (Phi) is 10.5. The Balaban J connectivity index is 0.000000462. The van der Waals surface area contributed by atoms with Crippen LogP contribution >= 0.6 is 0 Å². The van der Waals surface area contributed by atoms with Gasteiger partial charge in [0, 0.05) is 0 Å². The summed E-state index contributed by atoms with van der Waals surface area (Å²) in [4.78, 5) is 10.1. The van der Waals surface area contributed by atoms with Gasteiger partial charge in [0.25, 0.3) is 0 Å². The lowest BCUT2D eigenvalue weighted by Crippen LogP contribution is -2.61. The van der Waals surface area contributed by atoms with Crippen LogP contribution in [0.5, 0.6) is 0 Å². The molecule has 1 rings (SSSR count). The minimum absolute atomic E-state index is 0.470. The predicted molar refractivity (Wildman–Crippen MR) is 76.7 cm³/mol. The third-order valence-electron chi connectivity index (χ3n) is 3.46. The van der Waals surface area contributed by atoms with Crippen LogP contribution in [-0.4, -0.2) is 125 Å².